The van der Waals surface area contributed by atoms with Gasteiger partial charge < -0.3 is 15.8 Å². The largest absolute Gasteiger partial charge is 0.495 e. The van der Waals surface area contributed by atoms with E-state index in [1.165, 1.54) is 7.11 Å². The second-order valence-corrected chi connectivity index (χ2v) is 5.04. The molecule has 17 heavy (non-hydrogen) atoms. The molecule has 1 atom stereocenters. The van der Waals surface area contributed by atoms with Crippen LogP contribution in [0.5, 0.6) is 5.75 Å². The summed E-state index contributed by atoms with van der Waals surface area (Å²) in [6.07, 6.45) is 1.59. The highest BCUT2D eigenvalue weighted by molar-refractivity contribution is 7.84. The summed E-state index contributed by atoms with van der Waals surface area (Å²) in [6, 6.07) is 4.83. The van der Waals surface area contributed by atoms with Gasteiger partial charge in [0.2, 0.25) is 0 Å². The van der Waals surface area contributed by atoms with Crippen LogP contribution in [0.3, 0.4) is 0 Å². The Hall–Kier alpha value is -1.56. The van der Waals surface area contributed by atoms with Gasteiger partial charge in [0.15, 0.2) is 0 Å². The minimum Gasteiger partial charge on any atom is -0.495 e. The maximum absolute atomic E-state index is 11.7. The Morgan fingerprint density at radius 2 is 2.24 bits per heavy atom. The third kappa shape index (κ3) is 4.07. The van der Waals surface area contributed by atoms with Gasteiger partial charge in [0, 0.05) is 34.9 Å². The summed E-state index contributed by atoms with van der Waals surface area (Å²) >= 11 is 0. The molecule has 0 spiro atoms. The number of hydrogen-bond donors (Lipinski definition) is 2. The first kappa shape index (κ1) is 13.5. The van der Waals surface area contributed by atoms with Crippen LogP contribution in [0.1, 0.15) is 10.4 Å². The van der Waals surface area contributed by atoms with Crippen molar-refractivity contribution in [2.75, 3.05) is 31.4 Å². The van der Waals surface area contributed by atoms with Gasteiger partial charge in [-0.3, -0.25) is 9.00 Å². The van der Waals surface area contributed by atoms with E-state index in [2.05, 4.69) is 5.32 Å². The number of methoxy groups -OCH3 is 1. The molecule has 0 aromatic heterocycles. The number of ether oxygens (including phenoxy) is 1. The van der Waals surface area contributed by atoms with Crippen molar-refractivity contribution in [2.45, 2.75) is 0 Å². The van der Waals surface area contributed by atoms with E-state index in [0.717, 1.165) is 0 Å². The average Bonchev–Trinajstić information content (AvgIpc) is 2.28. The van der Waals surface area contributed by atoms with E-state index in [0.29, 0.717) is 29.3 Å². The van der Waals surface area contributed by atoms with Gasteiger partial charge in [-0.05, 0) is 18.2 Å². The highest BCUT2D eigenvalue weighted by Crippen LogP contribution is 2.21. The number of nitrogen functional groups attached to an aromatic ring is 1. The number of benzene rings is 1. The highest BCUT2D eigenvalue weighted by Gasteiger charge is 2.07. The van der Waals surface area contributed by atoms with Crippen molar-refractivity contribution in [1.29, 1.82) is 0 Å². The van der Waals surface area contributed by atoms with Crippen molar-refractivity contribution in [1.82, 2.24) is 5.32 Å². The van der Waals surface area contributed by atoms with Gasteiger partial charge in [-0.2, -0.15) is 0 Å². The van der Waals surface area contributed by atoms with E-state index >= 15 is 0 Å². The Balaban J connectivity index is 2.63. The molecule has 1 amide bonds. The lowest BCUT2D eigenvalue weighted by Gasteiger charge is -2.07. The molecular weight excluding hydrogens is 240 g/mol. The number of amides is 1. The average molecular weight is 256 g/mol. The molecule has 0 saturated heterocycles. The van der Waals surface area contributed by atoms with Crippen molar-refractivity contribution >= 4 is 22.4 Å². The van der Waals surface area contributed by atoms with Gasteiger partial charge in [0.1, 0.15) is 5.75 Å². The van der Waals surface area contributed by atoms with E-state index < -0.39 is 10.8 Å². The Bertz CT molecular complexity index is 435. The number of carbonyl (C=O) groups excluding carboxylic acids is 1. The maximum Gasteiger partial charge on any atom is 0.251 e. The Morgan fingerprint density at radius 1 is 1.53 bits per heavy atom. The molecular formula is C11H16N2O3S. The summed E-state index contributed by atoms with van der Waals surface area (Å²) in [5, 5.41) is 2.67. The zero-order valence-electron chi connectivity index (χ0n) is 9.86. The fourth-order valence-electron chi connectivity index (χ4n) is 1.29. The summed E-state index contributed by atoms with van der Waals surface area (Å²) in [6.45, 7) is 0.383. The van der Waals surface area contributed by atoms with Crippen LogP contribution in [0.15, 0.2) is 18.2 Å². The summed E-state index contributed by atoms with van der Waals surface area (Å²) in [5.41, 5.74) is 6.57. The van der Waals surface area contributed by atoms with Gasteiger partial charge in [-0.15, -0.1) is 0 Å². The topological polar surface area (TPSA) is 81.4 Å². The number of hydrogen-bond acceptors (Lipinski definition) is 4. The fraction of sp³-hybridized carbons (Fsp3) is 0.364. The molecule has 0 fully saturated rings. The Labute approximate surface area is 103 Å². The summed E-state index contributed by atoms with van der Waals surface area (Å²) in [4.78, 5) is 11.7. The van der Waals surface area contributed by atoms with Crippen LogP contribution in [0.25, 0.3) is 0 Å². The van der Waals surface area contributed by atoms with Crippen LogP contribution < -0.4 is 15.8 Å². The summed E-state index contributed by atoms with van der Waals surface area (Å²) in [7, 11) is 0.609. The SMILES string of the molecule is COc1ccc(C(=O)NCCS(C)=O)cc1N. The van der Waals surface area contributed by atoms with Gasteiger partial charge in [-0.25, -0.2) is 0 Å². The fourth-order valence-corrected chi connectivity index (χ4v) is 1.68. The lowest BCUT2D eigenvalue weighted by Crippen LogP contribution is -2.27. The first-order chi connectivity index (χ1) is 8.04. The minimum atomic E-state index is -0.907. The lowest BCUT2D eigenvalue weighted by molar-refractivity contribution is 0.0956. The van der Waals surface area contributed by atoms with Crippen LogP contribution >= 0.6 is 0 Å². The summed E-state index contributed by atoms with van der Waals surface area (Å²) in [5.74, 6) is 0.748. The first-order valence-corrected chi connectivity index (χ1v) is 6.79. The Kier molecular flexibility index (Phi) is 4.96. The molecule has 0 radical (unpaired) electrons. The van der Waals surface area contributed by atoms with Crippen molar-refractivity contribution in [2.24, 2.45) is 0 Å². The molecule has 94 valence electrons. The van der Waals surface area contributed by atoms with E-state index in [1.54, 1.807) is 24.5 Å². The molecule has 5 nitrogen and oxygen atoms in total. The van der Waals surface area contributed by atoms with E-state index in [1.807, 2.05) is 0 Å². The van der Waals surface area contributed by atoms with E-state index in [-0.39, 0.29) is 5.91 Å². The molecule has 0 aliphatic carbocycles. The molecule has 0 heterocycles. The van der Waals surface area contributed by atoms with Gasteiger partial charge in [-0.1, -0.05) is 0 Å². The molecule has 0 saturated carbocycles. The van der Waals surface area contributed by atoms with Crippen LogP contribution in [0.2, 0.25) is 0 Å². The third-order valence-electron chi connectivity index (χ3n) is 2.17. The summed E-state index contributed by atoms with van der Waals surface area (Å²) < 4.78 is 15.8. The molecule has 1 unspecified atom stereocenters. The normalized spacial score (nSPS) is 11.9. The molecule has 0 aliphatic rings. The quantitative estimate of drug-likeness (QED) is 0.746. The van der Waals surface area contributed by atoms with Crippen LogP contribution in [-0.2, 0) is 10.8 Å². The number of rotatable bonds is 5. The molecule has 1 rings (SSSR count). The van der Waals surface area contributed by atoms with Crippen molar-refractivity contribution < 1.29 is 13.7 Å². The monoisotopic (exact) mass is 256 g/mol. The van der Waals surface area contributed by atoms with E-state index in [9.17, 15) is 9.00 Å². The standard InChI is InChI=1S/C11H16N2O3S/c1-16-10-4-3-8(7-9(10)12)11(14)13-5-6-17(2)15/h3-4,7H,5-6,12H2,1-2H3,(H,13,14). The number of anilines is 1. The van der Waals surface area contributed by atoms with Gasteiger partial charge >= 0.3 is 0 Å². The smallest absolute Gasteiger partial charge is 0.251 e. The van der Waals surface area contributed by atoms with Crippen molar-refractivity contribution in [3.63, 3.8) is 0 Å². The third-order valence-corrected chi connectivity index (χ3v) is 2.95. The molecule has 6 heteroatoms. The van der Waals surface area contributed by atoms with E-state index in [4.69, 9.17) is 10.5 Å². The molecule has 0 bridgehead atoms. The zero-order valence-corrected chi connectivity index (χ0v) is 10.7. The van der Waals surface area contributed by atoms with Crippen LogP contribution in [-0.4, -0.2) is 35.8 Å². The predicted molar refractivity (Wildman–Crippen MR) is 68.7 cm³/mol. The van der Waals surface area contributed by atoms with Gasteiger partial charge in [0.25, 0.3) is 5.91 Å². The van der Waals surface area contributed by atoms with Crippen LogP contribution in [0, 0.1) is 0 Å². The van der Waals surface area contributed by atoms with Crippen LogP contribution in [0.4, 0.5) is 5.69 Å². The first-order valence-electron chi connectivity index (χ1n) is 5.06. The second kappa shape index (κ2) is 6.24. The minimum absolute atomic E-state index is 0.232. The highest BCUT2D eigenvalue weighted by atomic mass is 32.2. The predicted octanol–water partition coefficient (Wildman–Crippen LogP) is 0.386. The maximum atomic E-state index is 11.7. The lowest BCUT2D eigenvalue weighted by atomic mass is 10.2. The molecule has 1 aromatic rings. The Morgan fingerprint density at radius 3 is 2.76 bits per heavy atom. The van der Waals surface area contributed by atoms with Crippen molar-refractivity contribution in [3.8, 4) is 5.75 Å². The second-order valence-electron chi connectivity index (χ2n) is 3.49. The zero-order chi connectivity index (χ0) is 12.8. The molecule has 0 aliphatic heterocycles. The van der Waals surface area contributed by atoms with Crippen molar-refractivity contribution in [3.05, 3.63) is 23.8 Å². The number of nitrogens with one attached hydrogen (secondary N) is 1. The number of nitrogens with two attached hydrogens (primary N) is 1. The molecule has 3 N–H and O–H groups in total. The molecule has 1 aromatic carbocycles. The number of carbonyl (C=O) groups is 1. The van der Waals surface area contributed by atoms with Gasteiger partial charge in [0.05, 0.1) is 12.8 Å².